The Balaban J connectivity index is 0.995. The van der Waals surface area contributed by atoms with Crippen LogP contribution in [-0.4, -0.2) is 186 Å². The molecule has 7 fully saturated rings. The lowest BCUT2D eigenvalue weighted by molar-refractivity contribution is -0.362. The van der Waals surface area contributed by atoms with Gasteiger partial charge in [0.2, 0.25) is 0 Å². The first-order valence-corrected chi connectivity index (χ1v) is 22.9. The number of allylic oxidation sites excluding steroid dienone is 1. The van der Waals surface area contributed by atoms with Crippen molar-refractivity contribution in [2.45, 2.75) is 191 Å². The van der Waals surface area contributed by atoms with Crippen molar-refractivity contribution < 1.29 is 89.4 Å². The Bertz CT molecular complexity index is 1730. The van der Waals surface area contributed by atoms with Crippen LogP contribution >= 0.6 is 0 Å². The molecule has 0 aromatic heterocycles. The number of ketones is 1. The van der Waals surface area contributed by atoms with E-state index in [9.17, 15) is 61.0 Å². The van der Waals surface area contributed by atoms with E-state index in [1.807, 2.05) is 6.92 Å². The van der Waals surface area contributed by atoms with Crippen LogP contribution < -0.4 is 0 Å². The molecule has 0 amide bonds. The van der Waals surface area contributed by atoms with Crippen LogP contribution in [0.4, 0.5) is 0 Å². The first-order chi connectivity index (χ1) is 29.4. The molecule has 5 aliphatic carbocycles. The van der Waals surface area contributed by atoms with E-state index in [2.05, 4.69) is 40.7 Å². The van der Waals surface area contributed by atoms with Gasteiger partial charge >= 0.3 is 0 Å². The molecular weight excluding hydrogens is 828 g/mol. The number of carbonyl (C=O) groups is 1. The highest BCUT2D eigenvalue weighted by Gasteiger charge is 2.71. The fourth-order valence-corrected chi connectivity index (χ4v) is 14.1. The third-order valence-corrected chi connectivity index (χ3v) is 18.0. The Hall–Kier alpha value is -1.27. The molecule has 18 nitrogen and oxygen atoms in total. The lowest BCUT2D eigenvalue weighted by Gasteiger charge is -2.71. The molecule has 360 valence electrons. The standard InChI is InChI=1S/C45H72O18/c1-40(2)11-12-45(57)21(13-40)20-7-8-27-41(3)14-22(47)36(42(4,19-46)26(41)9-10-43(27,5)44(20,6)15-28(45)50)63-38-34(56)32(54)31(53)25(61-38)18-60-39-35(30(52)24(49)17-59-39)62-37-33(55)29(51)23(48)16-58-37/h7,21-27,29-39,46-49,51-57H,8-19H2,1-6H3/t21-,22-,23-,24-,25+,26+,27+,29-,30-,31+,32-,33+,34+,35+,36-,37-,38-,39-,41-,42-,43+,44+,45+/m0/s1. The minimum absolute atomic E-state index is 0.0105. The number of fused-ring (bicyclic) bond motifs is 7. The average Bonchev–Trinajstić information content (AvgIpc) is 3.22. The van der Waals surface area contributed by atoms with Gasteiger partial charge in [-0.1, -0.05) is 53.2 Å². The second kappa shape index (κ2) is 16.8. The summed E-state index contributed by atoms with van der Waals surface area (Å²) >= 11 is 0. The average molecular weight is 901 g/mol. The van der Waals surface area contributed by atoms with Gasteiger partial charge in [-0.15, -0.1) is 0 Å². The summed E-state index contributed by atoms with van der Waals surface area (Å²) in [4.78, 5) is 14.1. The van der Waals surface area contributed by atoms with Crippen LogP contribution in [-0.2, 0) is 33.2 Å². The Labute approximate surface area is 368 Å². The van der Waals surface area contributed by atoms with Crippen molar-refractivity contribution in [3.63, 3.8) is 0 Å². The van der Waals surface area contributed by atoms with Crippen LogP contribution in [0.1, 0.15) is 92.9 Å². The van der Waals surface area contributed by atoms with E-state index in [4.69, 9.17) is 28.4 Å². The van der Waals surface area contributed by atoms with E-state index < -0.39 is 140 Å². The number of Topliss-reactive ketones (excluding diaryl/α,β-unsaturated/α-hetero) is 1. The number of rotatable bonds is 8. The van der Waals surface area contributed by atoms with Crippen molar-refractivity contribution in [3.8, 4) is 0 Å². The van der Waals surface area contributed by atoms with E-state index in [0.29, 0.717) is 25.7 Å². The highest BCUT2D eigenvalue weighted by molar-refractivity contribution is 5.91. The van der Waals surface area contributed by atoms with Gasteiger partial charge in [-0.05, 0) is 73.0 Å². The van der Waals surface area contributed by atoms with Crippen molar-refractivity contribution in [1.29, 1.82) is 0 Å². The van der Waals surface area contributed by atoms with Crippen LogP contribution in [0.25, 0.3) is 0 Å². The molecule has 3 heterocycles. The summed E-state index contributed by atoms with van der Waals surface area (Å²) in [6, 6.07) is 0. The fraction of sp³-hybridized carbons (Fsp3) is 0.933. The normalized spacial score (nSPS) is 55.8. The van der Waals surface area contributed by atoms with Crippen LogP contribution in [0.15, 0.2) is 11.6 Å². The molecular formula is C45H72O18. The zero-order valence-corrected chi connectivity index (χ0v) is 37.2. The molecule has 23 atom stereocenters. The highest BCUT2D eigenvalue weighted by atomic mass is 16.8. The molecule has 8 rings (SSSR count). The van der Waals surface area contributed by atoms with Crippen LogP contribution in [0.2, 0.25) is 0 Å². The van der Waals surface area contributed by atoms with Gasteiger partial charge in [-0.2, -0.15) is 0 Å². The van der Waals surface area contributed by atoms with Crippen molar-refractivity contribution in [2.75, 3.05) is 26.4 Å². The van der Waals surface area contributed by atoms with Gasteiger partial charge in [0.05, 0.1) is 38.6 Å². The van der Waals surface area contributed by atoms with E-state index in [0.717, 1.165) is 12.8 Å². The van der Waals surface area contributed by atoms with Gasteiger partial charge in [0, 0.05) is 23.2 Å². The maximum Gasteiger partial charge on any atom is 0.187 e. The van der Waals surface area contributed by atoms with Crippen molar-refractivity contribution in [3.05, 3.63) is 11.6 Å². The van der Waals surface area contributed by atoms with Crippen molar-refractivity contribution in [2.24, 2.45) is 44.8 Å². The molecule has 3 aliphatic heterocycles. The number of carbonyl (C=O) groups excluding carboxylic acids is 1. The monoisotopic (exact) mass is 900 g/mol. The summed E-state index contributed by atoms with van der Waals surface area (Å²) in [5, 5.41) is 120. The Morgan fingerprint density at radius 1 is 0.714 bits per heavy atom. The lowest BCUT2D eigenvalue weighted by atomic mass is 9.34. The smallest absolute Gasteiger partial charge is 0.187 e. The SMILES string of the molecule is CC1(C)CC[C@]2(O)C(=O)C[C@]3(C)C(=CC[C@@H]4[C@@]5(C)C[C@H](O)[C@H](O[C@@H]6O[C@H](CO[C@@H]7OC[C@H](O)[C@H](O)[C@H]7O[C@@H]7OC[C@H](O)[C@H](O)[C@H]7O)[C@@H](O)[C@H](O)[C@H]6O)[C@@](C)(CO)[C@@H]5CC[C@]43C)[C@@H]2C1. The van der Waals surface area contributed by atoms with E-state index in [-0.39, 0.29) is 47.2 Å². The molecule has 0 radical (unpaired) electrons. The highest BCUT2D eigenvalue weighted by Crippen LogP contribution is 2.74. The predicted octanol–water partition coefficient (Wildman–Crippen LogP) is -1.23. The molecule has 8 aliphatic rings. The van der Waals surface area contributed by atoms with E-state index in [1.54, 1.807) is 0 Å². The zero-order chi connectivity index (χ0) is 46.0. The zero-order valence-electron chi connectivity index (χ0n) is 37.2. The maximum atomic E-state index is 14.1. The third kappa shape index (κ3) is 7.54. The molecule has 0 aromatic carbocycles. The topological polar surface area (TPSA) is 295 Å². The van der Waals surface area contributed by atoms with Crippen molar-refractivity contribution in [1.82, 2.24) is 0 Å². The first kappa shape index (κ1) is 48.2. The van der Waals surface area contributed by atoms with Gasteiger partial charge in [-0.25, -0.2) is 0 Å². The van der Waals surface area contributed by atoms with E-state index in [1.165, 1.54) is 5.57 Å². The van der Waals surface area contributed by atoms with Crippen LogP contribution in [0.3, 0.4) is 0 Å². The fourth-order valence-electron chi connectivity index (χ4n) is 14.1. The Morgan fingerprint density at radius 3 is 2.05 bits per heavy atom. The number of ether oxygens (including phenoxy) is 6. The second-order valence-electron chi connectivity index (χ2n) is 22.2. The van der Waals surface area contributed by atoms with Gasteiger partial charge in [0.1, 0.15) is 66.6 Å². The van der Waals surface area contributed by atoms with Crippen LogP contribution in [0, 0.1) is 44.8 Å². The first-order valence-electron chi connectivity index (χ1n) is 22.9. The number of hydrogen-bond donors (Lipinski definition) is 11. The Kier molecular flexibility index (Phi) is 12.8. The third-order valence-electron chi connectivity index (χ3n) is 18.0. The van der Waals surface area contributed by atoms with Crippen LogP contribution in [0.5, 0.6) is 0 Å². The molecule has 0 unspecified atom stereocenters. The lowest BCUT2D eigenvalue weighted by Crippen LogP contribution is -2.70. The summed E-state index contributed by atoms with van der Waals surface area (Å²) in [5.41, 5.74) is -2.78. The second-order valence-corrected chi connectivity index (χ2v) is 22.2. The summed E-state index contributed by atoms with van der Waals surface area (Å²) in [5.74, 6) is -0.580. The van der Waals surface area contributed by atoms with Crippen molar-refractivity contribution >= 4 is 5.78 Å². The summed E-state index contributed by atoms with van der Waals surface area (Å²) in [6.07, 6.45) is -16.3. The summed E-state index contributed by atoms with van der Waals surface area (Å²) in [6.45, 7) is 11.1. The molecule has 0 spiro atoms. The molecule has 0 aromatic rings. The van der Waals surface area contributed by atoms with Gasteiger partial charge in [0.15, 0.2) is 24.7 Å². The van der Waals surface area contributed by atoms with Gasteiger partial charge < -0.3 is 84.6 Å². The largest absolute Gasteiger partial charge is 0.396 e. The minimum Gasteiger partial charge on any atom is -0.396 e. The maximum absolute atomic E-state index is 14.1. The van der Waals surface area contributed by atoms with Gasteiger partial charge in [0.25, 0.3) is 0 Å². The molecule has 18 heteroatoms. The minimum atomic E-state index is -1.82. The quantitative estimate of drug-likeness (QED) is 0.100. The molecule has 63 heavy (non-hydrogen) atoms. The number of aliphatic hydroxyl groups excluding tert-OH is 10. The predicted molar refractivity (Wildman–Crippen MR) is 217 cm³/mol. The molecule has 4 saturated carbocycles. The number of aliphatic hydroxyl groups is 11. The molecule has 0 bridgehead atoms. The number of hydrogen-bond acceptors (Lipinski definition) is 18. The van der Waals surface area contributed by atoms with Gasteiger partial charge in [-0.3, -0.25) is 4.79 Å². The summed E-state index contributed by atoms with van der Waals surface area (Å²) < 4.78 is 34.9. The van der Waals surface area contributed by atoms with E-state index >= 15 is 0 Å². The summed E-state index contributed by atoms with van der Waals surface area (Å²) in [7, 11) is 0. The molecule has 3 saturated heterocycles. The molecule has 11 N–H and O–H groups in total. The Morgan fingerprint density at radius 2 is 1.37 bits per heavy atom.